The summed E-state index contributed by atoms with van der Waals surface area (Å²) < 4.78 is 0. The summed E-state index contributed by atoms with van der Waals surface area (Å²) in [5.41, 5.74) is 1.33. The van der Waals surface area contributed by atoms with Crippen molar-refractivity contribution in [2.45, 2.75) is 25.8 Å². The highest BCUT2D eigenvalue weighted by Crippen LogP contribution is 2.28. The van der Waals surface area contributed by atoms with Crippen LogP contribution in [0.2, 0.25) is 0 Å². The predicted molar refractivity (Wildman–Crippen MR) is 53.4 cm³/mol. The fourth-order valence-corrected chi connectivity index (χ4v) is 1.44. The van der Waals surface area contributed by atoms with E-state index in [-0.39, 0.29) is 0 Å². The topological polar surface area (TPSA) is 24.9 Å². The Kier molecular flexibility index (Phi) is 2.60. The third-order valence-corrected chi connectivity index (χ3v) is 2.62. The molecule has 1 aromatic heterocycles. The number of aromatic nitrogens is 1. The Morgan fingerprint density at radius 3 is 2.77 bits per heavy atom. The molecule has 1 aromatic rings. The van der Waals surface area contributed by atoms with E-state index in [1.54, 1.807) is 0 Å². The third kappa shape index (κ3) is 2.52. The molecule has 1 fully saturated rings. The lowest BCUT2D eigenvalue weighted by atomic mass is 10.1. The van der Waals surface area contributed by atoms with Gasteiger partial charge in [0.25, 0.3) is 0 Å². The van der Waals surface area contributed by atoms with E-state index in [9.17, 15) is 0 Å². The molecule has 70 valence electrons. The molecule has 1 heterocycles. The lowest BCUT2D eigenvalue weighted by molar-refractivity contribution is 0.548. The molecule has 1 saturated carbocycles. The Labute approximate surface area is 79.4 Å². The van der Waals surface area contributed by atoms with Gasteiger partial charge in [0, 0.05) is 18.4 Å². The molecule has 2 rings (SSSR count). The zero-order valence-corrected chi connectivity index (χ0v) is 8.03. The Morgan fingerprint density at radius 1 is 1.46 bits per heavy atom. The second-order valence-corrected chi connectivity index (χ2v) is 3.85. The van der Waals surface area contributed by atoms with Crippen molar-refractivity contribution in [2.75, 3.05) is 6.54 Å². The Morgan fingerprint density at radius 2 is 2.15 bits per heavy atom. The molecule has 0 unspecified atom stereocenters. The minimum Gasteiger partial charge on any atom is -0.310 e. The summed E-state index contributed by atoms with van der Waals surface area (Å²) in [6, 6.07) is 4.61. The standard InChI is InChI=1S/C11H16N2/c1-9(13-8-10-2-3-10)11-4-6-12-7-5-11/h4-7,9-10,13H,2-3,8H2,1H3/t9-/m1/s1. The summed E-state index contributed by atoms with van der Waals surface area (Å²) in [6.07, 6.45) is 6.53. The zero-order chi connectivity index (χ0) is 9.10. The fourth-order valence-electron chi connectivity index (χ4n) is 1.44. The van der Waals surface area contributed by atoms with Crippen LogP contribution in [-0.2, 0) is 0 Å². The molecular weight excluding hydrogens is 160 g/mol. The maximum Gasteiger partial charge on any atom is 0.0293 e. The van der Waals surface area contributed by atoms with E-state index in [0.29, 0.717) is 6.04 Å². The van der Waals surface area contributed by atoms with Crippen molar-refractivity contribution >= 4 is 0 Å². The van der Waals surface area contributed by atoms with E-state index in [1.807, 2.05) is 12.4 Å². The third-order valence-electron chi connectivity index (χ3n) is 2.62. The molecule has 13 heavy (non-hydrogen) atoms. The highest BCUT2D eigenvalue weighted by molar-refractivity contribution is 5.13. The van der Waals surface area contributed by atoms with Gasteiger partial charge in [-0.05, 0) is 49.9 Å². The Hall–Kier alpha value is -0.890. The van der Waals surface area contributed by atoms with Gasteiger partial charge in [-0.1, -0.05) is 0 Å². The number of hydrogen-bond donors (Lipinski definition) is 1. The summed E-state index contributed by atoms with van der Waals surface area (Å²) in [6.45, 7) is 3.38. The lowest BCUT2D eigenvalue weighted by Crippen LogP contribution is -2.20. The number of hydrogen-bond acceptors (Lipinski definition) is 2. The van der Waals surface area contributed by atoms with Crippen LogP contribution >= 0.6 is 0 Å². The van der Waals surface area contributed by atoms with Crippen LogP contribution in [0.3, 0.4) is 0 Å². The van der Waals surface area contributed by atoms with Gasteiger partial charge >= 0.3 is 0 Å². The maximum absolute atomic E-state index is 4.01. The minimum absolute atomic E-state index is 0.462. The fraction of sp³-hybridized carbons (Fsp3) is 0.545. The van der Waals surface area contributed by atoms with E-state index in [4.69, 9.17) is 0 Å². The van der Waals surface area contributed by atoms with Crippen molar-refractivity contribution in [3.8, 4) is 0 Å². The minimum atomic E-state index is 0.462. The average molecular weight is 176 g/mol. The van der Waals surface area contributed by atoms with E-state index >= 15 is 0 Å². The molecule has 0 radical (unpaired) electrons. The molecule has 0 saturated heterocycles. The van der Waals surface area contributed by atoms with Crippen LogP contribution in [0.25, 0.3) is 0 Å². The SMILES string of the molecule is C[C@@H](NCC1CC1)c1ccncc1. The molecule has 0 amide bonds. The first-order valence-corrected chi connectivity index (χ1v) is 4.99. The van der Waals surface area contributed by atoms with Crippen LogP contribution < -0.4 is 5.32 Å². The van der Waals surface area contributed by atoms with Gasteiger partial charge in [0.15, 0.2) is 0 Å². The molecule has 0 aromatic carbocycles. The highest BCUT2D eigenvalue weighted by atomic mass is 14.9. The normalized spacial score (nSPS) is 18.5. The highest BCUT2D eigenvalue weighted by Gasteiger charge is 2.21. The quantitative estimate of drug-likeness (QED) is 0.760. The molecule has 2 nitrogen and oxygen atoms in total. The molecule has 1 N–H and O–H groups in total. The second-order valence-electron chi connectivity index (χ2n) is 3.85. The first-order chi connectivity index (χ1) is 6.36. The molecule has 0 spiro atoms. The van der Waals surface area contributed by atoms with Crippen LogP contribution in [0, 0.1) is 5.92 Å². The number of rotatable bonds is 4. The molecule has 1 atom stereocenters. The van der Waals surface area contributed by atoms with Crippen LogP contribution in [0.4, 0.5) is 0 Å². The number of nitrogens with zero attached hydrogens (tertiary/aromatic N) is 1. The van der Waals surface area contributed by atoms with E-state index in [2.05, 4.69) is 29.4 Å². The van der Waals surface area contributed by atoms with Gasteiger partial charge in [0.05, 0.1) is 0 Å². The van der Waals surface area contributed by atoms with E-state index in [0.717, 1.165) is 5.92 Å². The van der Waals surface area contributed by atoms with Gasteiger partial charge < -0.3 is 5.32 Å². The molecular formula is C11H16N2. The first-order valence-electron chi connectivity index (χ1n) is 4.99. The van der Waals surface area contributed by atoms with Crippen LogP contribution in [0.5, 0.6) is 0 Å². The van der Waals surface area contributed by atoms with Crippen molar-refractivity contribution in [3.63, 3.8) is 0 Å². The Balaban J connectivity index is 1.85. The maximum atomic E-state index is 4.01. The van der Waals surface area contributed by atoms with Crippen LogP contribution in [0.1, 0.15) is 31.4 Å². The van der Waals surface area contributed by atoms with Gasteiger partial charge in [0.1, 0.15) is 0 Å². The Bertz CT molecular complexity index is 254. The summed E-state index contributed by atoms with van der Waals surface area (Å²) in [7, 11) is 0. The molecule has 1 aliphatic carbocycles. The van der Waals surface area contributed by atoms with Crippen LogP contribution in [0.15, 0.2) is 24.5 Å². The predicted octanol–water partition coefficient (Wildman–Crippen LogP) is 2.14. The summed E-state index contributed by atoms with van der Waals surface area (Å²) in [4.78, 5) is 4.01. The van der Waals surface area contributed by atoms with E-state index < -0.39 is 0 Å². The van der Waals surface area contributed by atoms with Crippen LogP contribution in [-0.4, -0.2) is 11.5 Å². The smallest absolute Gasteiger partial charge is 0.0293 e. The monoisotopic (exact) mass is 176 g/mol. The summed E-state index contributed by atoms with van der Waals surface area (Å²) in [5, 5.41) is 3.53. The van der Waals surface area contributed by atoms with Crippen molar-refractivity contribution in [3.05, 3.63) is 30.1 Å². The van der Waals surface area contributed by atoms with E-state index in [1.165, 1.54) is 24.9 Å². The van der Waals surface area contributed by atoms with Crippen molar-refractivity contribution in [1.29, 1.82) is 0 Å². The van der Waals surface area contributed by atoms with Crippen molar-refractivity contribution < 1.29 is 0 Å². The van der Waals surface area contributed by atoms with Crippen molar-refractivity contribution in [2.24, 2.45) is 5.92 Å². The lowest BCUT2D eigenvalue weighted by Gasteiger charge is -2.13. The number of pyridine rings is 1. The second kappa shape index (κ2) is 3.88. The zero-order valence-electron chi connectivity index (χ0n) is 8.03. The summed E-state index contributed by atoms with van der Waals surface area (Å²) >= 11 is 0. The van der Waals surface area contributed by atoms with Gasteiger partial charge in [0.2, 0.25) is 0 Å². The van der Waals surface area contributed by atoms with Crippen molar-refractivity contribution in [1.82, 2.24) is 10.3 Å². The van der Waals surface area contributed by atoms with Gasteiger partial charge in [-0.25, -0.2) is 0 Å². The summed E-state index contributed by atoms with van der Waals surface area (Å²) in [5.74, 6) is 0.948. The molecule has 1 aliphatic rings. The van der Waals surface area contributed by atoms with Gasteiger partial charge in [-0.15, -0.1) is 0 Å². The van der Waals surface area contributed by atoms with Gasteiger partial charge in [-0.2, -0.15) is 0 Å². The average Bonchev–Trinajstić information content (AvgIpc) is 2.99. The largest absolute Gasteiger partial charge is 0.310 e. The molecule has 0 aliphatic heterocycles. The first kappa shape index (κ1) is 8.70. The molecule has 2 heteroatoms. The van der Waals surface area contributed by atoms with Gasteiger partial charge in [-0.3, -0.25) is 4.98 Å². The molecule has 0 bridgehead atoms. The number of nitrogens with one attached hydrogen (secondary N) is 1.